The summed E-state index contributed by atoms with van der Waals surface area (Å²) in [6, 6.07) is 0. The van der Waals surface area contributed by atoms with E-state index >= 15 is 0 Å². The van der Waals surface area contributed by atoms with Crippen molar-refractivity contribution in [2.75, 3.05) is 0 Å². The maximum absolute atomic E-state index is 11.4. The third-order valence-electron chi connectivity index (χ3n) is 2.90. The summed E-state index contributed by atoms with van der Waals surface area (Å²) < 4.78 is 0. The molecule has 1 atom stereocenters. The molecule has 1 N–H and O–H groups in total. The first-order valence-corrected chi connectivity index (χ1v) is 6.86. The minimum Gasteiger partial charge on any atom is -0.393 e. The topological polar surface area (TPSA) is 37.3 Å². The van der Waals surface area contributed by atoms with Crippen molar-refractivity contribution in [3.8, 4) is 0 Å². The third kappa shape index (κ3) is 11.7. The molecule has 0 aromatic heterocycles. The number of hydrogen-bond donors (Lipinski definition) is 1. The molecule has 0 aliphatic heterocycles. The minimum atomic E-state index is -0.335. The molecule has 16 heavy (non-hydrogen) atoms. The minimum absolute atomic E-state index is 0.314. The molecule has 0 saturated carbocycles. The summed E-state index contributed by atoms with van der Waals surface area (Å²) in [7, 11) is 0. The molecule has 0 aliphatic rings. The van der Waals surface area contributed by atoms with E-state index in [9.17, 15) is 4.79 Å². The Morgan fingerprint density at radius 2 is 1.56 bits per heavy atom. The number of rotatable bonds is 11. The highest BCUT2D eigenvalue weighted by atomic mass is 16.3. The molecule has 0 fully saturated rings. The van der Waals surface area contributed by atoms with Gasteiger partial charge in [0, 0.05) is 12.8 Å². The van der Waals surface area contributed by atoms with Crippen LogP contribution in [0.25, 0.3) is 0 Å². The van der Waals surface area contributed by atoms with Gasteiger partial charge in [-0.15, -0.1) is 0 Å². The van der Waals surface area contributed by atoms with Gasteiger partial charge in [0.25, 0.3) is 0 Å². The van der Waals surface area contributed by atoms with Crippen molar-refractivity contribution < 1.29 is 9.90 Å². The van der Waals surface area contributed by atoms with E-state index in [0.717, 1.165) is 6.42 Å². The van der Waals surface area contributed by atoms with Crippen LogP contribution in [0, 0.1) is 0 Å². The van der Waals surface area contributed by atoms with Crippen LogP contribution in [0.15, 0.2) is 0 Å². The normalized spacial score (nSPS) is 12.7. The van der Waals surface area contributed by atoms with E-state index in [0.29, 0.717) is 25.0 Å². The molecule has 96 valence electrons. The van der Waals surface area contributed by atoms with Gasteiger partial charge >= 0.3 is 0 Å². The molecule has 2 heteroatoms. The fraction of sp³-hybridized carbons (Fsp3) is 0.929. The van der Waals surface area contributed by atoms with E-state index < -0.39 is 0 Å². The fourth-order valence-electron chi connectivity index (χ4n) is 1.77. The van der Waals surface area contributed by atoms with Gasteiger partial charge in [-0.1, -0.05) is 45.4 Å². The van der Waals surface area contributed by atoms with E-state index in [4.69, 9.17) is 5.11 Å². The van der Waals surface area contributed by atoms with Crippen LogP contribution in [0.2, 0.25) is 0 Å². The lowest BCUT2D eigenvalue weighted by Crippen LogP contribution is -2.05. The van der Waals surface area contributed by atoms with Crippen LogP contribution in [-0.2, 0) is 4.79 Å². The monoisotopic (exact) mass is 228 g/mol. The maximum atomic E-state index is 11.4. The summed E-state index contributed by atoms with van der Waals surface area (Å²) in [6.45, 7) is 3.96. The van der Waals surface area contributed by atoms with Crippen molar-refractivity contribution in [3.05, 3.63) is 0 Å². The second kappa shape index (κ2) is 11.1. The molecule has 0 saturated heterocycles. The Balaban J connectivity index is 3.15. The quantitative estimate of drug-likeness (QED) is 0.545. The van der Waals surface area contributed by atoms with Crippen molar-refractivity contribution in [3.63, 3.8) is 0 Å². The zero-order valence-electron chi connectivity index (χ0n) is 11.0. The molecule has 0 heterocycles. The lowest BCUT2D eigenvalue weighted by molar-refractivity contribution is -0.119. The molecule has 0 amide bonds. The molecule has 0 aliphatic carbocycles. The smallest absolute Gasteiger partial charge is 0.133 e. The molecule has 0 rings (SSSR count). The number of ketones is 1. The third-order valence-corrected chi connectivity index (χ3v) is 2.90. The Morgan fingerprint density at radius 3 is 2.12 bits per heavy atom. The van der Waals surface area contributed by atoms with Gasteiger partial charge < -0.3 is 5.11 Å². The molecule has 2 nitrogen and oxygen atoms in total. The predicted molar refractivity (Wildman–Crippen MR) is 68.5 cm³/mol. The zero-order valence-corrected chi connectivity index (χ0v) is 11.0. The largest absolute Gasteiger partial charge is 0.393 e. The number of unbranched alkanes of at least 4 members (excludes halogenated alkanes) is 6. The molecule has 0 bridgehead atoms. The number of carbonyl (C=O) groups is 1. The van der Waals surface area contributed by atoms with Crippen molar-refractivity contribution >= 4 is 5.78 Å². The van der Waals surface area contributed by atoms with Crippen molar-refractivity contribution in [2.45, 2.75) is 84.2 Å². The zero-order chi connectivity index (χ0) is 12.2. The maximum Gasteiger partial charge on any atom is 0.133 e. The Labute approximate surface area is 100 Å². The van der Waals surface area contributed by atoms with Gasteiger partial charge in [-0.05, 0) is 19.8 Å². The summed E-state index contributed by atoms with van der Waals surface area (Å²) in [6.07, 6.45) is 10.3. The average molecular weight is 228 g/mol. The Kier molecular flexibility index (Phi) is 10.9. The van der Waals surface area contributed by atoms with Gasteiger partial charge in [0.2, 0.25) is 0 Å². The van der Waals surface area contributed by atoms with Gasteiger partial charge in [0.05, 0.1) is 6.10 Å². The molecule has 0 aromatic carbocycles. The lowest BCUT2D eigenvalue weighted by Gasteiger charge is -2.03. The summed E-state index contributed by atoms with van der Waals surface area (Å²) in [5, 5.41) is 9.04. The standard InChI is InChI=1S/C14H28O2/c1-3-4-5-6-7-8-9-10-14(16)12-11-13(2)15/h13,15H,3-12H2,1-2H3. The van der Waals surface area contributed by atoms with Crippen molar-refractivity contribution in [2.24, 2.45) is 0 Å². The van der Waals surface area contributed by atoms with Crippen LogP contribution in [0.4, 0.5) is 0 Å². The first-order chi connectivity index (χ1) is 7.66. The summed E-state index contributed by atoms with van der Waals surface area (Å²) >= 11 is 0. The van der Waals surface area contributed by atoms with Gasteiger partial charge in [0.1, 0.15) is 5.78 Å². The second-order valence-corrected chi connectivity index (χ2v) is 4.80. The van der Waals surface area contributed by atoms with Crippen LogP contribution >= 0.6 is 0 Å². The number of Topliss-reactive ketones (excluding diaryl/α,β-unsaturated/α-hetero) is 1. The van der Waals surface area contributed by atoms with Crippen LogP contribution in [-0.4, -0.2) is 17.0 Å². The first kappa shape index (κ1) is 15.6. The SMILES string of the molecule is CCCCCCCCCC(=O)CCC(C)O. The molecular weight excluding hydrogens is 200 g/mol. The van der Waals surface area contributed by atoms with E-state index in [1.807, 2.05) is 0 Å². The van der Waals surface area contributed by atoms with Crippen LogP contribution in [0.5, 0.6) is 0 Å². The first-order valence-electron chi connectivity index (χ1n) is 6.86. The lowest BCUT2D eigenvalue weighted by atomic mass is 10.0. The van der Waals surface area contributed by atoms with E-state index in [1.54, 1.807) is 6.92 Å². The second-order valence-electron chi connectivity index (χ2n) is 4.80. The molecule has 0 aromatic rings. The Bertz CT molecular complexity index is 164. The van der Waals surface area contributed by atoms with E-state index in [2.05, 4.69) is 6.92 Å². The van der Waals surface area contributed by atoms with Gasteiger partial charge in [-0.2, -0.15) is 0 Å². The van der Waals surface area contributed by atoms with Gasteiger partial charge in [0.15, 0.2) is 0 Å². The number of carbonyl (C=O) groups excluding carboxylic acids is 1. The highest BCUT2D eigenvalue weighted by Crippen LogP contribution is 2.10. The Hall–Kier alpha value is -0.370. The van der Waals surface area contributed by atoms with Crippen molar-refractivity contribution in [1.29, 1.82) is 0 Å². The van der Waals surface area contributed by atoms with E-state index in [1.165, 1.54) is 38.5 Å². The van der Waals surface area contributed by atoms with Crippen LogP contribution in [0.3, 0.4) is 0 Å². The van der Waals surface area contributed by atoms with Crippen LogP contribution < -0.4 is 0 Å². The fourth-order valence-corrected chi connectivity index (χ4v) is 1.77. The number of hydrogen-bond acceptors (Lipinski definition) is 2. The Morgan fingerprint density at radius 1 is 1.00 bits per heavy atom. The highest BCUT2D eigenvalue weighted by molar-refractivity contribution is 5.78. The summed E-state index contributed by atoms with van der Waals surface area (Å²) in [5.74, 6) is 0.314. The van der Waals surface area contributed by atoms with Gasteiger partial charge in [-0.25, -0.2) is 0 Å². The van der Waals surface area contributed by atoms with Gasteiger partial charge in [-0.3, -0.25) is 4.79 Å². The molecular formula is C14H28O2. The van der Waals surface area contributed by atoms with E-state index in [-0.39, 0.29) is 6.10 Å². The number of aliphatic hydroxyl groups is 1. The average Bonchev–Trinajstić information content (AvgIpc) is 2.25. The number of aliphatic hydroxyl groups excluding tert-OH is 1. The molecule has 0 radical (unpaired) electrons. The summed E-state index contributed by atoms with van der Waals surface area (Å²) in [5.41, 5.74) is 0. The summed E-state index contributed by atoms with van der Waals surface area (Å²) in [4.78, 5) is 11.4. The molecule has 1 unspecified atom stereocenters. The predicted octanol–water partition coefficient (Wildman–Crippen LogP) is 3.86. The highest BCUT2D eigenvalue weighted by Gasteiger charge is 2.03. The van der Waals surface area contributed by atoms with Crippen LogP contribution in [0.1, 0.15) is 78.1 Å². The van der Waals surface area contributed by atoms with Crippen molar-refractivity contribution in [1.82, 2.24) is 0 Å². The molecule has 0 spiro atoms.